The first-order valence-electron chi connectivity index (χ1n) is 39.5. The highest BCUT2D eigenvalue weighted by atomic mass is 16.5. The Morgan fingerprint density at radius 1 is 0.395 bits per heavy atom. The number of ether oxygens (including phenoxy) is 3. The Bertz CT molecular complexity index is 5780. The van der Waals surface area contributed by atoms with Gasteiger partial charge in [0, 0.05) is 131 Å². The number of nitrogens with two attached hydrogens (primary N) is 2. The highest BCUT2D eigenvalue weighted by Crippen LogP contribution is 2.32. The van der Waals surface area contributed by atoms with Crippen LogP contribution < -0.4 is 82.1 Å². The molecule has 10 N–H and O–H groups in total. The number of nitrogen functional groups attached to an aromatic ring is 1. The second-order valence-corrected chi connectivity index (χ2v) is 27.7. The third-order valence-electron chi connectivity index (χ3n) is 18.0. The van der Waals surface area contributed by atoms with Crippen molar-refractivity contribution in [3.05, 3.63) is 268 Å². The van der Waals surface area contributed by atoms with Gasteiger partial charge in [0.25, 0.3) is 47.3 Å². The van der Waals surface area contributed by atoms with E-state index in [1.165, 1.54) is 72.5 Å². The van der Waals surface area contributed by atoms with Crippen LogP contribution in [0.2, 0.25) is 0 Å². The molecule has 9 heterocycles. The molecule has 0 aliphatic carbocycles. The highest BCUT2D eigenvalue weighted by Gasteiger charge is 2.40. The number of imide groups is 3. The lowest BCUT2D eigenvalue weighted by Gasteiger charge is -2.28. The summed E-state index contributed by atoms with van der Waals surface area (Å²) in [5.41, 5.74) is 16.6. The summed E-state index contributed by atoms with van der Waals surface area (Å²) in [7, 11) is 7.56. The summed E-state index contributed by atoms with van der Waals surface area (Å²) >= 11 is 0. The van der Waals surface area contributed by atoms with Gasteiger partial charge in [-0.15, -0.1) is 0 Å². The van der Waals surface area contributed by atoms with Crippen LogP contribution in [0.3, 0.4) is 0 Å². The number of nitrogens with zero attached hydrogens (tertiary/aromatic N) is 17. The first-order valence-corrected chi connectivity index (χ1v) is 39.5. The fraction of sp³-hybridized carbons (Fsp3) is 0.191. The van der Waals surface area contributed by atoms with Crippen molar-refractivity contribution >= 4 is 141 Å². The van der Waals surface area contributed by atoms with E-state index in [0.717, 1.165) is 40.6 Å². The Kier molecular flexibility index (Phi) is 32.6. The molecule has 0 spiro atoms. The monoisotopic (exact) mass is 1750 g/mol. The second kappa shape index (κ2) is 44.7. The third kappa shape index (κ3) is 25.5. The number of carbonyl (C=O) groups excluding carboxylic acids is 12. The first-order chi connectivity index (χ1) is 62.0. The molecule has 0 radical (unpaired) electrons. The summed E-state index contributed by atoms with van der Waals surface area (Å²) < 4.78 is 15.0. The number of hydrogen-bond acceptors (Lipinski definition) is 31. The molecule has 3 aliphatic heterocycles. The van der Waals surface area contributed by atoms with Gasteiger partial charge in [-0.2, -0.15) is 44.9 Å². The summed E-state index contributed by atoms with van der Waals surface area (Å²) in [6, 6.07) is 57.7. The van der Waals surface area contributed by atoms with Gasteiger partial charge >= 0.3 is 0 Å². The van der Waals surface area contributed by atoms with Crippen molar-refractivity contribution in [1.82, 2.24) is 59.8 Å². The van der Waals surface area contributed by atoms with Gasteiger partial charge in [-0.25, -0.2) is 29.7 Å². The number of carbonyl (C=O) groups is 12. The molecule has 0 saturated carbocycles. The predicted octanol–water partition coefficient (Wildman–Crippen LogP) is 10.0. The summed E-state index contributed by atoms with van der Waals surface area (Å²) in [5.74, 6) is -0.778. The van der Waals surface area contributed by atoms with E-state index in [2.05, 4.69) is 96.6 Å². The van der Waals surface area contributed by atoms with E-state index < -0.39 is 35.4 Å². The Balaban J connectivity index is 0.000000164. The van der Waals surface area contributed by atoms with E-state index in [-0.39, 0.29) is 113 Å². The van der Waals surface area contributed by atoms with E-state index in [9.17, 15) is 57.5 Å². The molecule has 0 unspecified atom stereocenters. The highest BCUT2D eigenvalue weighted by molar-refractivity contribution is 6.35. The smallest absolute Gasteiger partial charge is 0.268 e. The molecule has 40 heteroatoms. The number of hydrogen-bond donors (Lipinski definition) is 8. The number of anilines is 12. The van der Waals surface area contributed by atoms with Crippen LogP contribution in [0.25, 0.3) is 0 Å². The molecular weight excluding hydrogens is 1660 g/mol. The molecule has 12 aromatic rings. The van der Waals surface area contributed by atoms with Crippen molar-refractivity contribution in [2.45, 2.75) is 67.3 Å². The van der Waals surface area contributed by atoms with Crippen molar-refractivity contribution in [3.8, 4) is 17.6 Å². The Labute approximate surface area is 738 Å². The van der Waals surface area contributed by atoms with Gasteiger partial charge in [-0.1, -0.05) is 97.1 Å². The van der Waals surface area contributed by atoms with E-state index in [1.807, 2.05) is 24.3 Å². The van der Waals surface area contributed by atoms with E-state index >= 15 is 0 Å². The van der Waals surface area contributed by atoms with Crippen molar-refractivity contribution < 1.29 is 71.7 Å². The molecule has 40 nitrogen and oxygen atoms in total. The summed E-state index contributed by atoms with van der Waals surface area (Å²) in [5, 5.41) is 15.3. The van der Waals surface area contributed by atoms with E-state index in [0.29, 0.717) is 79.0 Å². The van der Waals surface area contributed by atoms with E-state index in [4.69, 9.17) is 25.7 Å². The molecule has 6 aromatic carbocycles. The number of rotatable bonds is 19. The van der Waals surface area contributed by atoms with Gasteiger partial charge in [0.1, 0.15) is 29.1 Å². The minimum Gasteiger partial charge on any atom is -0.481 e. The second-order valence-electron chi connectivity index (χ2n) is 27.7. The number of methoxy groups -OCH3 is 3. The Morgan fingerprint density at radius 2 is 0.806 bits per heavy atom. The summed E-state index contributed by atoms with van der Waals surface area (Å²) in [6.45, 7) is 10.8. The maximum atomic E-state index is 13.3. The molecule has 15 rings (SSSR count). The molecule has 12 amide bonds. The lowest BCUT2D eigenvalue weighted by atomic mass is 10.1. The van der Waals surface area contributed by atoms with Crippen molar-refractivity contribution in [2.24, 2.45) is 5.73 Å². The topological polar surface area (TPSA) is 528 Å². The fourth-order valence-corrected chi connectivity index (χ4v) is 12.2. The van der Waals surface area contributed by atoms with Crippen molar-refractivity contribution in [3.63, 3.8) is 0 Å². The average molecular weight is 1750 g/mol. The standard InChI is InChI=1S/C23H23N5O2.C20H18N4O2.2C14H12N4O3.C9H12N4O3.C9H12N4O2/c24-19-16-20(27-14-8-3-9-15-27)26-23(25-19)28(21(29)17-10-4-1-5-11-17)22(30)18-12-6-2-7-13-18;1-14-13-17(22-18(25)15-9-5-3-6-10-15)23-20(21-14)24(2)19(26)16-11-7-4-8-12-16;1-15-14-16-10(7-11(17-14)21-2)18-12(19)8-5-3-4-6-9(8)13(18)20;1-21-11-6-8(7-15)16-14(17-11)18-12(19)9-4-2-3-5-10(9)13(18)20;1-5(14)10-7-4-8(16-3)13-9(12-7)11-6(2)15;1-5-4-8(11-6(2)14)13-9(10-5)12-7(3)15/h1-2,4-7,10-13,16H,3,8-9,14-15H2,(H2,24,25,26);3-13H,1-2H3,(H,21,22,23,25);3-7H,1-2H3,(H,15,16,17);2-6H,7,15H2,1H3;4H,1-3H3,(H2,10,11,12,13,14,15);4H,1-3H3,(H2,10,11,12,13,14,15). The average Bonchev–Trinajstić information content (AvgIpc) is 1.69. The van der Waals surface area contributed by atoms with Gasteiger partial charge in [-0.3, -0.25) is 73.1 Å². The van der Waals surface area contributed by atoms with Crippen LogP contribution >= 0.6 is 0 Å². The number of fused-ring (bicyclic) bond motifs is 2. The summed E-state index contributed by atoms with van der Waals surface area (Å²) in [4.78, 5) is 200. The van der Waals surface area contributed by atoms with Gasteiger partial charge in [0.15, 0.2) is 5.82 Å². The molecular formula is C89H89N25O15. The Morgan fingerprint density at radius 3 is 1.27 bits per heavy atom. The molecule has 1 fully saturated rings. The van der Waals surface area contributed by atoms with Crippen LogP contribution in [0.4, 0.5) is 70.6 Å². The number of piperidine rings is 1. The zero-order valence-corrected chi connectivity index (χ0v) is 71.8. The largest absolute Gasteiger partial charge is 0.481 e. The van der Waals surface area contributed by atoms with Crippen molar-refractivity contribution in [1.29, 1.82) is 0 Å². The number of aromatic nitrogens is 12. The van der Waals surface area contributed by atoms with Gasteiger partial charge in [0.05, 0.1) is 49.3 Å². The third-order valence-corrected chi connectivity index (χ3v) is 18.0. The quantitative estimate of drug-likeness (QED) is 0.0349. The SMILES string of the molecule is CC(=O)Nc1cc(C)nc(NC(C)=O)n1.CNc1nc(OC)cc(N2C(=O)c3ccccc3C2=O)n1.COc1cc(CN)nc(N2C(=O)c3ccccc3C2=O)n1.COc1cc(NC(C)=O)nc(NC(C)=O)n1.Cc1cc(NC(=O)c2ccccc2)nc(N(C)C(=O)c2ccccc2)n1.Nc1cc(N2CCCCC2)nc(N(C(=O)c2ccccc2)C(=O)c2ccccc2)n1. The van der Waals surface area contributed by atoms with Crippen LogP contribution in [0.15, 0.2) is 206 Å². The van der Waals surface area contributed by atoms with Crippen LogP contribution in [0.1, 0.15) is 147 Å². The maximum Gasteiger partial charge on any atom is 0.268 e. The first kappa shape index (κ1) is 94.1. The number of nitrogens with one attached hydrogen (secondary N) is 6. The molecule has 0 atom stereocenters. The van der Waals surface area contributed by atoms with Crippen molar-refractivity contribution in [2.75, 3.05) is 111 Å². The zero-order chi connectivity index (χ0) is 93.0. The number of aryl methyl sites for hydroxylation is 2. The zero-order valence-electron chi connectivity index (χ0n) is 71.8. The summed E-state index contributed by atoms with van der Waals surface area (Å²) in [6.07, 6.45) is 3.30. The van der Waals surface area contributed by atoms with Crippen LogP contribution in [0, 0.1) is 13.8 Å². The molecule has 6 aromatic heterocycles. The van der Waals surface area contributed by atoms with Gasteiger partial charge < -0.3 is 51.8 Å². The maximum absolute atomic E-state index is 13.3. The minimum atomic E-state index is -0.500. The predicted molar refractivity (Wildman–Crippen MR) is 479 cm³/mol. The van der Waals surface area contributed by atoms with Crippen LogP contribution in [-0.2, 0) is 25.7 Å². The van der Waals surface area contributed by atoms with Gasteiger partial charge in [0.2, 0.25) is 77.0 Å². The molecule has 3 aliphatic rings. The van der Waals surface area contributed by atoms with Crippen LogP contribution in [-0.4, -0.2) is 179 Å². The Hall–Kier alpha value is -17.2. The minimum absolute atomic E-state index is 0.0155. The normalized spacial score (nSPS) is 11.9. The lowest BCUT2D eigenvalue weighted by molar-refractivity contribution is -0.115. The molecule has 660 valence electrons. The van der Waals surface area contributed by atoms with Gasteiger partial charge in [-0.05, 0) is 106 Å². The lowest BCUT2D eigenvalue weighted by Crippen LogP contribution is -2.39. The molecule has 129 heavy (non-hydrogen) atoms. The fourth-order valence-electron chi connectivity index (χ4n) is 12.2. The van der Waals surface area contributed by atoms with Crippen LogP contribution in [0.5, 0.6) is 17.6 Å². The molecule has 1 saturated heterocycles. The number of amides is 12. The van der Waals surface area contributed by atoms with E-state index in [1.54, 1.807) is 198 Å². The number of benzene rings is 6. The molecule has 0 bridgehead atoms.